The smallest absolute Gasteiger partial charge is 0.302 e. The third-order valence-electron chi connectivity index (χ3n) is 3.55. The molecule has 1 heterocycles. The summed E-state index contributed by atoms with van der Waals surface area (Å²) in [5, 5.41) is 0. The summed E-state index contributed by atoms with van der Waals surface area (Å²) in [5.74, 6) is -3.26. The number of nitrogens with zero attached hydrogens (tertiary/aromatic N) is 1. The van der Waals surface area contributed by atoms with Crippen molar-refractivity contribution in [3.8, 4) is 0 Å². The highest BCUT2D eigenvalue weighted by molar-refractivity contribution is 7.86. The minimum Gasteiger partial charge on any atom is -0.335 e. The van der Waals surface area contributed by atoms with Crippen molar-refractivity contribution < 1.29 is 25.9 Å². The molecule has 0 aliphatic carbocycles. The zero-order chi connectivity index (χ0) is 15.8. The number of rotatable bonds is 4. The fourth-order valence-electron chi connectivity index (χ4n) is 2.58. The van der Waals surface area contributed by atoms with Crippen molar-refractivity contribution >= 4 is 16.1 Å². The van der Waals surface area contributed by atoms with E-state index in [9.17, 15) is 25.9 Å². The molecule has 2 atom stereocenters. The Labute approximate surface area is 120 Å². The van der Waals surface area contributed by atoms with Gasteiger partial charge in [0.25, 0.3) is 0 Å². The minimum absolute atomic E-state index is 0.0277. The topological polar surface area (TPSA) is 54.5 Å². The standard InChI is InChI=1S/C13H14F3NO3S/c1-8(11-3-2-10(14)5-12(11)15)17-6-9(4-13(17)18)7-21(16,19)20/h2-3,5,8-9H,4,6-7H2,1H3. The molecular weight excluding hydrogens is 307 g/mol. The molecule has 21 heavy (non-hydrogen) atoms. The lowest BCUT2D eigenvalue weighted by Crippen LogP contribution is -2.29. The molecule has 1 aliphatic rings. The zero-order valence-electron chi connectivity index (χ0n) is 11.2. The van der Waals surface area contributed by atoms with Crippen LogP contribution >= 0.6 is 0 Å². The molecule has 2 unspecified atom stereocenters. The minimum atomic E-state index is -4.66. The first-order valence-electron chi connectivity index (χ1n) is 6.34. The zero-order valence-corrected chi connectivity index (χ0v) is 12.0. The summed E-state index contributed by atoms with van der Waals surface area (Å²) in [7, 11) is -4.66. The Morgan fingerprint density at radius 1 is 1.38 bits per heavy atom. The second-order valence-electron chi connectivity index (χ2n) is 5.16. The second-order valence-corrected chi connectivity index (χ2v) is 6.57. The summed E-state index contributed by atoms with van der Waals surface area (Å²) in [6.07, 6.45) is -0.101. The Kier molecular flexibility index (Phi) is 4.27. The van der Waals surface area contributed by atoms with Gasteiger partial charge in [-0.3, -0.25) is 4.79 Å². The third-order valence-corrected chi connectivity index (χ3v) is 4.42. The van der Waals surface area contributed by atoms with E-state index in [-0.39, 0.29) is 24.4 Å². The van der Waals surface area contributed by atoms with Crippen LogP contribution in [0.25, 0.3) is 0 Å². The van der Waals surface area contributed by atoms with E-state index in [1.165, 1.54) is 11.0 Å². The first kappa shape index (κ1) is 15.8. The monoisotopic (exact) mass is 321 g/mol. The maximum Gasteiger partial charge on any atom is 0.302 e. The number of amides is 1. The van der Waals surface area contributed by atoms with E-state index in [4.69, 9.17) is 0 Å². The van der Waals surface area contributed by atoms with Crippen LogP contribution in [0.15, 0.2) is 18.2 Å². The Morgan fingerprint density at radius 3 is 2.62 bits per heavy atom. The molecule has 0 aromatic heterocycles. The first-order chi connectivity index (χ1) is 9.67. The molecule has 0 N–H and O–H groups in total. The summed E-state index contributed by atoms with van der Waals surface area (Å²) >= 11 is 0. The summed E-state index contributed by atoms with van der Waals surface area (Å²) in [4.78, 5) is 13.2. The van der Waals surface area contributed by atoms with Crippen molar-refractivity contribution in [3.63, 3.8) is 0 Å². The molecule has 1 aromatic carbocycles. The van der Waals surface area contributed by atoms with Gasteiger partial charge in [-0.25, -0.2) is 8.78 Å². The molecule has 1 aliphatic heterocycles. The van der Waals surface area contributed by atoms with E-state index < -0.39 is 39.6 Å². The molecule has 0 radical (unpaired) electrons. The molecule has 0 spiro atoms. The highest BCUT2D eigenvalue weighted by atomic mass is 32.3. The highest BCUT2D eigenvalue weighted by Gasteiger charge is 2.36. The van der Waals surface area contributed by atoms with E-state index in [2.05, 4.69) is 0 Å². The lowest BCUT2D eigenvalue weighted by Gasteiger charge is -2.25. The molecule has 2 rings (SSSR count). The van der Waals surface area contributed by atoms with Gasteiger partial charge in [-0.15, -0.1) is 3.89 Å². The van der Waals surface area contributed by atoms with Crippen LogP contribution in [0.1, 0.15) is 24.9 Å². The van der Waals surface area contributed by atoms with Gasteiger partial charge in [0.2, 0.25) is 5.91 Å². The van der Waals surface area contributed by atoms with Crippen LogP contribution in [-0.4, -0.2) is 31.5 Å². The van der Waals surface area contributed by atoms with Gasteiger partial charge in [-0.05, 0) is 13.0 Å². The number of likely N-dealkylation sites (tertiary alicyclic amines) is 1. The van der Waals surface area contributed by atoms with Gasteiger partial charge >= 0.3 is 10.2 Å². The van der Waals surface area contributed by atoms with E-state index >= 15 is 0 Å². The van der Waals surface area contributed by atoms with Crippen molar-refractivity contribution in [2.24, 2.45) is 5.92 Å². The second kappa shape index (κ2) is 5.67. The largest absolute Gasteiger partial charge is 0.335 e. The number of hydrogen-bond donors (Lipinski definition) is 0. The third kappa shape index (κ3) is 3.75. The number of benzene rings is 1. The maximum absolute atomic E-state index is 13.7. The normalized spacial score (nSPS) is 20.9. The summed E-state index contributed by atoms with van der Waals surface area (Å²) in [5.41, 5.74) is 0.133. The fourth-order valence-corrected chi connectivity index (χ4v) is 3.37. The molecule has 1 aromatic rings. The summed E-state index contributed by atoms with van der Waals surface area (Å²) < 4.78 is 60.5. The van der Waals surface area contributed by atoms with Crippen LogP contribution in [0.3, 0.4) is 0 Å². The van der Waals surface area contributed by atoms with E-state index in [1.54, 1.807) is 6.92 Å². The van der Waals surface area contributed by atoms with E-state index in [0.29, 0.717) is 0 Å². The summed E-state index contributed by atoms with van der Waals surface area (Å²) in [6, 6.07) is 2.36. The lowest BCUT2D eigenvalue weighted by molar-refractivity contribution is -0.129. The van der Waals surface area contributed by atoms with Gasteiger partial charge in [0.05, 0.1) is 11.8 Å². The first-order valence-corrected chi connectivity index (χ1v) is 7.89. The Bertz CT molecular complexity index is 663. The van der Waals surface area contributed by atoms with Crippen molar-refractivity contribution in [2.45, 2.75) is 19.4 Å². The Hall–Kier alpha value is -1.57. The van der Waals surface area contributed by atoms with Crippen LogP contribution in [-0.2, 0) is 15.0 Å². The quantitative estimate of drug-likeness (QED) is 0.799. The van der Waals surface area contributed by atoms with Gasteiger partial charge in [0.1, 0.15) is 11.6 Å². The van der Waals surface area contributed by atoms with E-state index in [1.807, 2.05) is 0 Å². The molecule has 0 saturated carbocycles. The number of hydrogen-bond acceptors (Lipinski definition) is 3. The van der Waals surface area contributed by atoms with Gasteiger partial charge in [-0.2, -0.15) is 8.42 Å². The average Bonchev–Trinajstić information content (AvgIpc) is 2.66. The SMILES string of the molecule is CC(c1ccc(F)cc1F)N1CC(CS(=O)(=O)F)CC1=O. The molecule has 1 amide bonds. The predicted octanol–water partition coefficient (Wildman–Crippen LogP) is 2.17. The maximum atomic E-state index is 13.7. The van der Waals surface area contributed by atoms with Crippen LogP contribution in [0.5, 0.6) is 0 Å². The van der Waals surface area contributed by atoms with Gasteiger partial charge in [0.15, 0.2) is 0 Å². The van der Waals surface area contributed by atoms with Crippen molar-refractivity contribution in [3.05, 3.63) is 35.4 Å². The number of carbonyl (C=O) groups excluding carboxylic acids is 1. The molecule has 1 fully saturated rings. The average molecular weight is 321 g/mol. The van der Waals surface area contributed by atoms with Crippen molar-refractivity contribution in [1.82, 2.24) is 4.90 Å². The van der Waals surface area contributed by atoms with Crippen LogP contribution in [0, 0.1) is 17.6 Å². The Morgan fingerprint density at radius 2 is 2.05 bits per heavy atom. The molecular formula is C13H14F3NO3S. The van der Waals surface area contributed by atoms with Crippen molar-refractivity contribution in [2.75, 3.05) is 12.3 Å². The molecule has 8 heteroatoms. The summed E-state index contributed by atoms with van der Waals surface area (Å²) in [6.45, 7) is 1.58. The lowest BCUT2D eigenvalue weighted by atomic mass is 10.1. The van der Waals surface area contributed by atoms with Gasteiger partial charge in [0, 0.05) is 30.5 Å². The molecule has 1 saturated heterocycles. The molecule has 0 bridgehead atoms. The fraction of sp³-hybridized carbons (Fsp3) is 0.462. The van der Waals surface area contributed by atoms with Gasteiger partial charge in [-0.1, -0.05) is 6.07 Å². The van der Waals surface area contributed by atoms with Crippen LogP contribution in [0.4, 0.5) is 12.7 Å². The van der Waals surface area contributed by atoms with Crippen molar-refractivity contribution in [1.29, 1.82) is 0 Å². The predicted molar refractivity (Wildman–Crippen MR) is 69.5 cm³/mol. The van der Waals surface area contributed by atoms with Crippen LogP contribution in [0.2, 0.25) is 0 Å². The molecule has 116 valence electrons. The van der Waals surface area contributed by atoms with Crippen LogP contribution < -0.4 is 0 Å². The Balaban J connectivity index is 2.16. The highest BCUT2D eigenvalue weighted by Crippen LogP contribution is 2.30. The number of carbonyl (C=O) groups is 1. The van der Waals surface area contributed by atoms with E-state index in [0.717, 1.165) is 12.1 Å². The molecule has 4 nitrogen and oxygen atoms in total. The van der Waals surface area contributed by atoms with Gasteiger partial charge < -0.3 is 4.90 Å². The number of halogens is 3.